The number of rotatable bonds is 5. The van der Waals surface area contributed by atoms with Crippen molar-refractivity contribution in [2.45, 2.75) is 12.6 Å². The number of amides is 1. The van der Waals surface area contributed by atoms with E-state index in [-0.39, 0.29) is 40.2 Å². The van der Waals surface area contributed by atoms with E-state index in [1.165, 1.54) is 24.3 Å². The highest BCUT2D eigenvalue weighted by Crippen LogP contribution is 2.31. The molecule has 1 fully saturated rings. The Morgan fingerprint density at radius 2 is 1.72 bits per heavy atom. The zero-order chi connectivity index (χ0) is 26.0. The minimum atomic E-state index is -4.55. The first kappa shape index (κ1) is 25.4. The fourth-order valence-corrected chi connectivity index (χ4v) is 4.13. The number of piperazine rings is 1. The van der Waals surface area contributed by atoms with Gasteiger partial charge in [0.2, 0.25) is 5.91 Å². The Kier molecular flexibility index (Phi) is 7.16. The summed E-state index contributed by atoms with van der Waals surface area (Å²) in [5.74, 6) is -0.619. The van der Waals surface area contributed by atoms with Gasteiger partial charge in [-0.3, -0.25) is 14.2 Å². The normalized spacial score (nSPS) is 14.1. The first-order valence-electron chi connectivity index (χ1n) is 11.0. The number of carbonyl (C=O) groups is 1. The van der Waals surface area contributed by atoms with Crippen LogP contribution in [-0.2, 0) is 11.0 Å². The summed E-state index contributed by atoms with van der Waals surface area (Å²) in [6.07, 6.45) is -2.79. The highest BCUT2D eigenvalue weighted by Gasteiger charge is 2.30. The van der Waals surface area contributed by atoms with Gasteiger partial charge in [-0.25, -0.2) is 9.37 Å². The standard InChI is InChI=1S/C25H21ClF4N4O2/c1-2-3-22(35)33-12-10-32(11-13-33)21-15-23(36)34(18-7-4-16(5-8-18)25(28,29)30)24(31-21)19-9-6-17(26)14-20(19)27/h2,4-9,14-15H,1,3,10-13H2. The maximum Gasteiger partial charge on any atom is 0.416 e. The Hall–Kier alpha value is -3.66. The molecule has 4 rings (SSSR count). The zero-order valence-corrected chi connectivity index (χ0v) is 19.7. The molecule has 0 saturated carbocycles. The fourth-order valence-electron chi connectivity index (χ4n) is 3.97. The molecule has 1 saturated heterocycles. The minimum Gasteiger partial charge on any atom is -0.353 e. The van der Waals surface area contributed by atoms with E-state index < -0.39 is 23.1 Å². The highest BCUT2D eigenvalue weighted by atomic mass is 35.5. The van der Waals surface area contributed by atoms with Crippen molar-refractivity contribution in [3.63, 3.8) is 0 Å². The van der Waals surface area contributed by atoms with Crippen LogP contribution in [0.3, 0.4) is 0 Å². The Morgan fingerprint density at radius 1 is 1.06 bits per heavy atom. The number of hydrogen-bond donors (Lipinski definition) is 0. The number of benzene rings is 2. The number of nitrogens with zero attached hydrogens (tertiary/aromatic N) is 4. The summed E-state index contributed by atoms with van der Waals surface area (Å²) < 4.78 is 55.1. The number of aromatic nitrogens is 2. The summed E-state index contributed by atoms with van der Waals surface area (Å²) in [5, 5.41) is 0.135. The largest absolute Gasteiger partial charge is 0.416 e. The molecule has 3 aromatic rings. The molecule has 0 bridgehead atoms. The maximum atomic E-state index is 14.9. The van der Waals surface area contributed by atoms with Crippen molar-refractivity contribution in [3.05, 3.63) is 87.9 Å². The van der Waals surface area contributed by atoms with E-state index in [1.54, 1.807) is 9.80 Å². The van der Waals surface area contributed by atoms with Gasteiger partial charge in [0.05, 0.1) is 16.8 Å². The van der Waals surface area contributed by atoms with Crippen LogP contribution in [0.4, 0.5) is 23.4 Å². The van der Waals surface area contributed by atoms with E-state index in [0.29, 0.717) is 26.2 Å². The van der Waals surface area contributed by atoms with Crippen LogP contribution in [-0.4, -0.2) is 46.5 Å². The molecular weight excluding hydrogens is 500 g/mol. The smallest absolute Gasteiger partial charge is 0.353 e. The van der Waals surface area contributed by atoms with Crippen LogP contribution in [0.25, 0.3) is 17.1 Å². The number of anilines is 1. The van der Waals surface area contributed by atoms with Gasteiger partial charge in [-0.15, -0.1) is 6.58 Å². The highest BCUT2D eigenvalue weighted by molar-refractivity contribution is 6.30. The summed E-state index contributed by atoms with van der Waals surface area (Å²) in [6, 6.07) is 9.05. The van der Waals surface area contributed by atoms with Crippen LogP contribution >= 0.6 is 11.6 Å². The van der Waals surface area contributed by atoms with Crippen LogP contribution < -0.4 is 10.5 Å². The lowest BCUT2D eigenvalue weighted by Gasteiger charge is -2.35. The van der Waals surface area contributed by atoms with E-state index in [0.717, 1.165) is 34.9 Å². The Labute approximate surface area is 209 Å². The second kappa shape index (κ2) is 10.1. The van der Waals surface area contributed by atoms with Crippen molar-refractivity contribution in [1.82, 2.24) is 14.5 Å². The number of halogens is 5. The third-order valence-corrected chi connectivity index (χ3v) is 6.04. The van der Waals surface area contributed by atoms with Crippen LogP contribution in [0.1, 0.15) is 12.0 Å². The SMILES string of the molecule is C=CCC(=O)N1CCN(c2cc(=O)n(-c3ccc(C(F)(F)F)cc3)c(-c3ccc(Cl)cc3F)n2)CC1. The molecule has 2 aromatic carbocycles. The van der Waals surface area contributed by atoms with E-state index in [4.69, 9.17) is 11.6 Å². The zero-order valence-electron chi connectivity index (χ0n) is 18.9. The molecule has 36 heavy (non-hydrogen) atoms. The average molecular weight is 521 g/mol. The van der Waals surface area contributed by atoms with Crippen LogP contribution in [0, 0.1) is 5.82 Å². The van der Waals surface area contributed by atoms with Gasteiger partial charge < -0.3 is 9.80 Å². The molecule has 188 valence electrons. The van der Waals surface area contributed by atoms with Gasteiger partial charge in [-0.2, -0.15) is 13.2 Å². The Morgan fingerprint density at radius 3 is 2.31 bits per heavy atom. The number of alkyl halides is 3. The lowest BCUT2D eigenvalue weighted by atomic mass is 10.1. The minimum absolute atomic E-state index is 0.0435. The molecule has 0 unspecified atom stereocenters. The van der Waals surface area contributed by atoms with Gasteiger partial charge in [-0.05, 0) is 42.5 Å². The van der Waals surface area contributed by atoms with Gasteiger partial charge in [0, 0.05) is 43.7 Å². The third-order valence-electron chi connectivity index (χ3n) is 5.81. The van der Waals surface area contributed by atoms with Gasteiger partial charge in [0.1, 0.15) is 11.6 Å². The summed E-state index contributed by atoms with van der Waals surface area (Å²) in [7, 11) is 0. The van der Waals surface area contributed by atoms with Gasteiger partial charge >= 0.3 is 6.18 Å². The molecule has 11 heteroatoms. The topological polar surface area (TPSA) is 58.4 Å². The van der Waals surface area contributed by atoms with Crippen molar-refractivity contribution in [1.29, 1.82) is 0 Å². The van der Waals surface area contributed by atoms with Gasteiger partial charge in [-0.1, -0.05) is 17.7 Å². The predicted octanol–water partition coefficient (Wildman–Crippen LogP) is 4.94. The molecule has 1 aromatic heterocycles. The van der Waals surface area contributed by atoms with Crippen molar-refractivity contribution in [2.75, 3.05) is 31.1 Å². The monoisotopic (exact) mass is 520 g/mol. The molecule has 2 heterocycles. The second-order valence-corrected chi connectivity index (χ2v) is 8.58. The van der Waals surface area contributed by atoms with Crippen LogP contribution in [0.2, 0.25) is 5.02 Å². The van der Waals surface area contributed by atoms with E-state index in [1.807, 2.05) is 0 Å². The molecule has 0 radical (unpaired) electrons. The summed E-state index contributed by atoms with van der Waals surface area (Å²) in [6.45, 7) is 5.16. The average Bonchev–Trinajstić information content (AvgIpc) is 2.83. The lowest BCUT2D eigenvalue weighted by molar-refractivity contribution is -0.137. The number of hydrogen-bond acceptors (Lipinski definition) is 4. The Bertz CT molecular complexity index is 1350. The molecule has 6 nitrogen and oxygen atoms in total. The van der Waals surface area contributed by atoms with Crippen LogP contribution in [0.15, 0.2) is 66.0 Å². The van der Waals surface area contributed by atoms with Crippen LogP contribution in [0.5, 0.6) is 0 Å². The molecular formula is C25H21ClF4N4O2. The van der Waals surface area contributed by atoms with Crippen molar-refractivity contribution in [2.24, 2.45) is 0 Å². The molecule has 1 amide bonds. The fraction of sp³-hybridized carbons (Fsp3) is 0.240. The van der Waals surface area contributed by atoms with Crippen molar-refractivity contribution in [3.8, 4) is 17.1 Å². The van der Waals surface area contributed by atoms with E-state index >= 15 is 0 Å². The second-order valence-electron chi connectivity index (χ2n) is 8.14. The summed E-state index contributed by atoms with van der Waals surface area (Å²) >= 11 is 5.89. The first-order valence-corrected chi connectivity index (χ1v) is 11.4. The summed E-state index contributed by atoms with van der Waals surface area (Å²) in [4.78, 5) is 33.4. The molecule has 0 atom stereocenters. The van der Waals surface area contributed by atoms with Gasteiger partial charge in [0.25, 0.3) is 5.56 Å². The quantitative estimate of drug-likeness (QED) is 0.353. The predicted molar refractivity (Wildman–Crippen MR) is 129 cm³/mol. The molecule has 0 spiro atoms. The molecule has 0 N–H and O–H groups in total. The van der Waals surface area contributed by atoms with Crippen molar-refractivity contribution < 1.29 is 22.4 Å². The summed E-state index contributed by atoms with van der Waals surface area (Å²) in [5.41, 5.74) is -1.43. The molecule has 0 aliphatic carbocycles. The molecule has 1 aliphatic heterocycles. The third kappa shape index (κ3) is 5.28. The van der Waals surface area contributed by atoms with Gasteiger partial charge in [0.15, 0.2) is 5.82 Å². The number of carbonyl (C=O) groups excluding carboxylic acids is 1. The molecule has 1 aliphatic rings. The first-order chi connectivity index (χ1) is 17.1. The van der Waals surface area contributed by atoms with E-state index in [9.17, 15) is 27.2 Å². The lowest BCUT2D eigenvalue weighted by Crippen LogP contribution is -2.49. The van der Waals surface area contributed by atoms with Crippen molar-refractivity contribution >= 4 is 23.3 Å². The van der Waals surface area contributed by atoms with E-state index in [2.05, 4.69) is 11.6 Å². The maximum absolute atomic E-state index is 14.9. The Balaban J connectivity index is 1.77.